The molecule has 0 aliphatic rings. The van der Waals surface area contributed by atoms with Crippen molar-refractivity contribution in [2.75, 3.05) is 6.61 Å². The Labute approximate surface area is 491 Å². The summed E-state index contributed by atoms with van der Waals surface area (Å²) >= 11 is 0. The van der Waals surface area contributed by atoms with E-state index in [1.807, 2.05) is 0 Å². The predicted octanol–water partition coefficient (Wildman–Crippen LogP) is 24.9. The second-order valence-electron chi connectivity index (χ2n) is 25.4. The van der Waals surface area contributed by atoms with Gasteiger partial charge in [0, 0.05) is 6.42 Å². The lowest BCUT2D eigenvalue weighted by Crippen LogP contribution is -2.45. The van der Waals surface area contributed by atoms with E-state index in [0.717, 1.165) is 32.1 Å². The smallest absolute Gasteiger partial charge is 0.220 e. The van der Waals surface area contributed by atoms with Crippen LogP contribution in [0.3, 0.4) is 0 Å². The second kappa shape index (κ2) is 70.1. The molecule has 4 heteroatoms. The lowest BCUT2D eigenvalue weighted by Gasteiger charge is -2.22. The molecule has 0 radical (unpaired) electrons. The summed E-state index contributed by atoms with van der Waals surface area (Å²) in [5, 5.41) is 23.5. The highest BCUT2D eigenvalue weighted by molar-refractivity contribution is 5.76. The van der Waals surface area contributed by atoms with Crippen LogP contribution >= 0.6 is 0 Å². The van der Waals surface area contributed by atoms with Gasteiger partial charge in [-0.3, -0.25) is 4.79 Å². The number of amides is 1. The highest BCUT2D eigenvalue weighted by Crippen LogP contribution is 2.20. The van der Waals surface area contributed by atoms with Crippen LogP contribution in [0.4, 0.5) is 0 Å². The van der Waals surface area contributed by atoms with Crippen LogP contribution in [-0.4, -0.2) is 34.9 Å². The number of aliphatic hydroxyl groups excluding tert-OH is 2. The molecule has 0 aliphatic carbocycles. The lowest BCUT2D eigenvalue weighted by molar-refractivity contribution is -0.123. The van der Waals surface area contributed by atoms with E-state index in [-0.39, 0.29) is 12.5 Å². The monoisotopic (exact) mass is 1100 g/mol. The van der Waals surface area contributed by atoms with Crippen LogP contribution in [0.15, 0.2) is 24.3 Å². The molecule has 0 spiro atoms. The molecule has 1 amide bonds. The molecular weight excluding hydrogens is 951 g/mol. The zero-order valence-electron chi connectivity index (χ0n) is 53.7. The zero-order chi connectivity index (χ0) is 56.2. The van der Waals surface area contributed by atoms with Crippen molar-refractivity contribution in [3.63, 3.8) is 0 Å². The second-order valence-corrected chi connectivity index (χ2v) is 25.4. The maximum atomic E-state index is 12.6. The topological polar surface area (TPSA) is 69.6 Å². The van der Waals surface area contributed by atoms with E-state index < -0.39 is 12.1 Å². The fraction of sp³-hybridized carbons (Fsp3) is 0.932. The molecule has 4 nitrogen and oxygen atoms in total. The Kier molecular flexibility index (Phi) is 69.1. The van der Waals surface area contributed by atoms with Crippen LogP contribution in [0.1, 0.15) is 425 Å². The SMILES string of the molecule is CCCCCCC/C=C\C/C=C\CCCCCCCCCCCCCCCCCCCCCCCCCCCCCC(=O)NC(CO)C(O)CCCCCCCCCCCCCCCCCCCCCCCCCCCCC. The first-order valence-corrected chi connectivity index (χ1v) is 36.5. The maximum Gasteiger partial charge on any atom is 0.220 e. The molecule has 0 rings (SSSR count). The normalized spacial score (nSPS) is 12.7. The Hall–Kier alpha value is -1.13. The fourth-order valence-electron chi connectivity index (χ4n) is 11.9. The molecule has 0 heterocycles. The molecule has 0 bridgehead atoms. The van der Waals surface area contributed by atoms with Crippen LogP contribution in [0.2, 0.25) is 0 Å². The molecule has 0 aromatic rings. The third-order valence-corrected chi connectivity index (χ3v) is 17.5. The van der Waals surface area contributed by atoms with Gasteiger partial charge in [-0.25, -0.2) is 0 Å². The van der Waals surface area contributed by atoms with Crippen molar-refractivity contribution in [2.45, 2.75) is 437 Å². The van der Waals surface area contributed by atoms with Gasteiger partial charge in [0.2, 0.25) is 5.91 Å². The van der Waals surface area contributed by atoms with Crippen molar-refractivity contribution in [1.82, 2.24) is 5.32 Å². The van der Waals surface area contributed by atoms with E-state index >= 15 is 0 Å². The van der Waals surface area contributed by atoms with Gasteiger partial charge < -0.3 is 15.5 Å². The van der Waals surface area contributed by atoms with Gasteiger partial charge in [-0.05, 0) is 44.9 Å². The Morgan fingerprint density at radius 3 is 0.769 bits per heavy atom. The number of allylic oxidation sites excluding steroid dienone is 4. The van der Waals surface area contributed by atoms with Gasteiger partial charge in [0.15, 0.2) is 0 Å². The summed E-state index contributed by atoms with van der Waals surface area (Å²) in [6, 6.07) is -0.535. The molecule has 2 unspecified atom stereocenters. The summed E-state index contributed by atoms with van der Waals surface area (Å²) in [6.45, 7) is 4.40. The highest BCUT2D eigenvalue weighted by atomic mass is 16.3. The van der Waals surface area contributed by atoms with Crippen LogP contribution in [0, 0.1) is 0 Å². The van der Waals surface area contributed by atoms with Crippen molar-refractivity contribution in [2.24, 2.45) is 0 Å². The Morgan fingerprint density at radius 2 is 0.526 bits per heavy atom. The van der Waals surface area contributed by atoms with E-state index in [1.165, 1.54) is 366 Å². The van der Waals surface area contributed by atoms with E-state index in [9.17, 15) is 15.0 Å². The summed E-state index contributed by atoms with van der Waals surface area (Å²) in [5.41, 5.74) is 0. The summed E-state index contributed by atoms with van der Waals surface area (Å²) in [6.07, 6.45) is 95.4. The number of hydrogen-bond donors (Lipinski definition) is 3. The molecule has 0 aliphatic heterocycles. The number of carbonyl (C=O) groups excluding carboxylic acids is 1. The largest absolute Gasteiger partial charge is 0.394 e. The first-order chi connectivity index (χ1) is 38.7. The molecule has 0 saturated carbocycles. The minimum atomic E-state index is -0.658. The van der Waals surface area contributed by atoms with Crippen molar-refractivity contribution in [1.29, 1.82) is 0 Å². The molecular formula is C74H145NO3. The van der Waals surface area contributed by atoms with E-state index in [2.05, 4.69) is 43.5 Å². The molecule has 0 fully saturated rings. The number of hydrogen-bond acceptors (Lipinski definition) is 3. The summed E-state index contributed by atoms with van der Waals surface area (Å²) in [7, 11) is 0. The molecule has 0 saturated heterocycles. The zero-order valence-corrected chi connectivity index (χ0v) is 53.7. The number of aliphatic hydroxyl groups is 2. The Bertz CT molecular complexity index is 1150. The number of rotatable bonds is 69. The minimum Gasteiger partial charge on any atom is -0.394 e. The van der Waals surface area contributed by atoms with Crippen molar-refractivity contribution in [3.8, 4) is 0 Å². The molecule has 464 valence electrons. The summed E-state index contributed by atoms with van der Waals surface area (Å²) < 4.78 is 0. The standard InChI is InChI=1S/C74H145NO3/c1-3-5-7-9-11-13-15-17-19-21-23-25-27-29-31-32-33-34-35-36-37-38-39-40-41-42-44-46-48-50-52-54-56-58-60-62-64-66-68-70-74(78)75-72(71-76)73(77)69-67-65-63-61-59-57-55-53-51-49-47-45-43-30-28-26-24-22-20-18-16-14-12-10-8-6-4-2/h15,17,21,23,72-73,76-77H,3-14,16,18-20,22,24-71H2,1-2H3,(H,75,78)/b17-15-,23-21-. The third-order valence-electron chi connectivity index (χ3n) is 17.5. The average molecular weight is 1100 g/mol. The van der Waals surface area contributed by atoms with Gasteiger partial charge in [-0.2, -0.15) is 0 Å². The van der Waals surface area contributed by atoms with Gasteiger partial charge in [0.05, 0.1) is 18.8 Å². The first kappa shape index (κ1) is 76.9. The van der Waals surface area contributed by atoms with Crippen LogP contribution in [-0.2, 0) is 4.79 Å². The van der Waals surface area contributed by atoms with Gasteiger partial charge in [0.25, 0.3) is 0 Å². The van der Waals surface area contributed by atoms with Crippen LogP contribution in [0.25, 0.3) is 0 Å². The molecule has 78 heavy (non-hydrogen) atoms. The van der Waals surface area contributed by atoms with Crippen LogP contribution < -0.4 is 5.32 Å². The fourth-order valence-corrected chi connectivity index (χ4v) is 11.9. The van der Waals surface area contributed by atoms with Gasteiger partial charge in [-0.1, -0.05) is 398 Å². The number of unbranched alkanes of at least 4 members (excludes halogenated alkanes) is 58. The lowest BCUT2D eigenvalue weighted by atomic mass is 10.0. The van der Waals surface area contributed by atoms with Gasteiger partial charge >= 0.3 is 0 Å². The molecule has 0 aromatic heterocycles. The quantitative estimate of drug-likeness (QED) is 0.0420. The Balaban J connectivity index is 3.36. The van der Waals surface area contributed by atoms with Crippen molar-refractivity contribution >= 4 is 5.91 Å². The molecule has 2 atom stereocenters. The van der Waals surface area contributed by atoms with Crippen molar-refractivity contribution in [3.05, 3.63) is 24.3 Å². The summed E-state index contributed by atoms with van der Waals surface area (Å²) in [4.78, 5) is 12.6. The number of nitrogens with one attached hydrogen (secondary N) is 1. The average Bonchev–Trinajstić information content (AvgIpc) is 3.44. The first-order valence-electron chi connectivity index (χ1n) is 36.5. The summed E-state index contributed by atoms with van der Waals surface area (Å²) in [5.74, 6) is -0.0205. The minimum absolute atomic E-state index is 0.0205. The van der Waals surface area contributed by atoms with E-state index in [1.54, 1.807) is 0 Å². The Morgan fingerprint density at radius 1 is 0.308 bits per heavy atom. The molecule has 0 aromatic carbocycles. The van der Waals surface area contributed by atoms with Gasteiger partial charge in [0.1, 0.15) is 0 Å². The van der Waals surface area contributed by atoms with E-state index in [4.69, 9.17) is 0 Å². The number of carbonyl (C=O) groups is 1. The van der Waals surface area contributed by atoms with Gasteiger partial charge in [-0.15, -0.1) is 0 Å². The predicted molar refractivity (Wildman–Crippen MR) is 350 cm³/mol. The van der Waals surface area contributed by atoms with Crippen LogP contribution in [0.5, 0.6) is 0 Å². The highest BCUT2D eigenvalue weighted by Gasteiger charge is 2.20. The van der Waals surface area contributed by atoms with E-state index in [0.29, 0.717) is 12.8 Å². The third kappa shape index (κ3) is 65.7. The maximum absolute atomic E-state index is 12.6. The molecule has 3 N–H and O–H groups in total. The van der Waals surface area contributed by atoms with Crippen molar-refractivity contribution < 1.29 is 15.0 Å².